The molecule has 1 aromatic carbocycles. The van der Waals surface area contributed by atoms with Crippen LogP contribution in [0.4, 0.5) is 0 Å². The van der Waals surface area contributed by atoms with Gasteiger partial charge in [0.15, 0.2) is 5.96 Å². The molecule has 126 valence electrons. The van der Waals surface area contributed by atoms with Crippen molar-refractivity contribution in [3.63, 3.8) is 0 Å². The predicted molar refractivity (Wildman–Crippen MR) is 108 cm³/mol. The van der Waals surface area contributed by atoms with Crippen LogP contribution < -0.4 is 16.0 Å². The molecule has 0 aliphatic heterocycles. The van der Waals surface area contributed by atoms with Crippen LogP contribution >= 0.6 is 35.6 Å². The lowest BCUT2D eigenvalue weighted by Crippen LogP contribution is -2.45. The van der Waals surface area contributed by atoms with Gasteiger partial charge in [0.2, 0.25) is 0 Å². The first-order valence-electron chi connectivity index (χ1n) is 7.29. The first-order chi connectivity index (χ1) is 9.81. The lowest BCUT2D eigenvalue weighted by atomic mass is 10.1. The number of guanidine groups is 1. The van der Waals surface area contributed by atoms with E-state index in [1.54, 1.807) is 7.05 Å². The number of nitrogens with one attached hydrogen (secondary N) is 3. The summed E-state index contributed by atoms with van der Waals surface area (Å²) in [6, 6.07) is 8.00. The first-order valence-corrected chi connectivity index (χ1v) is 7.67. The Labute approximate surface area is 156 Å². The van der Waals surface area contributed by atoms with Crippen LogP contribution in [0.15, 0.2) is 29.3 Å². The first kappa shape index (κ1) is 21.5. The second-order valence-corrected chi connectivity index (χ2v) is 6.53. The van der Waals surface area contributed by atoms with E-state index in [1.807, 2.05) is 18.2 Å². The lowest BCUT2D eigenvalue weighted by Gasteiger charge is -2.22. The van der Waals surface area contributed by atoms with Gasteiger partial charge in [-0.2, -0.15) is 0 Å². The molecule has 0 fully saturated rings. The zero-order valence-electron chi connectivity index (χ0n) is 14.0. The molecule has 6 heteroatoms. The Morgan fingerprint density at radius 1 is 1.27 bits per heavy atom. The van der Waals surface area contributed by atoms with Gasteiger partial charge in [0.1, 0.15) is 0 Å². The van der Waals surface area contributed by atoms with Gasteiger partial charge in [-0.15, -0.1) is 24.0 Å². The largest absolute Gasteiger partial charge is 0.355 e. The number of aliphatic imine (C=N–C) groups is 1. The maximum absolute atomic E-state index is 6.02. The van der Waals surface area contributed by atoms with Crippen molar-refractivity contribution in [1.82, 2.24) is 16.0 Å². The molecule has 0 aliphatic carbocycles. The minimum absolute atomic E-state index is 0. The molecule has 1 rings (SSSR count). The van der Waals surface area contributed by atoms with Crippen LogP contribution in [0.25, 0.3) is 0 Å². The Bertz CT molecular complexity index is 471. The number of rotatable bonds is 5. The standard InChI is InChI=1S/C16H27ClN4.HI/c1-12(13-7-6-8-14(17)11-13)21-15(18-5)19-9-10-20-16(2,3)4;/h6-8,11-12,20H,9-10H2,1-5H3,(H2,18,19,21);1H. The molecular weight excluding hydrogens is 411 g/mol. The average Bonchev–Trinajstić information content (AvgIpc) is 2.40. The fourth-order valence-electron chi connectivity index (χ4n) is 1.88. The Morgan fingerprint density at radius 2 is 1.95 bits per heavy atom. The number of benzene rings is 1. The summed E-state index contributed by atoms with van der Waals surface area (Å²) < 4.78 is 0. The zero-order chi connectivity index (χ0) is 15.9. The summed E-state index contributed by atoms with van der Waals surface area (Å²) >= 11 is 6.02. The van der Waals surface area contributed by atoms with E-state index in [4.69, 9.17) is 11.6 Å². The molecule has 0 aromatic heterocycles. The minimum Gasteiger partial charge on any atom is -0.355 e. The SMILES string of the molecule is CN=C(NCCNC(C)(C)C)NC(C)c1cccc(Cl)c1.I. The minimum atomic E-state index is 0. The van der Waals surface area contributed by atoms with Gasteiger partial charge in [-0.1, -0.05) is 23.7 Å². The highest BCUT2D eigenvalue weighted by molar-refractivity contribution is 14.0. The molecule has 1 aromatic rings. The molecule has 0 saturated heterocycles. The van der Waals surface area contributed by atoms with Crippen molar-refractivity contribution in [2.24, 2.45) is 4.99 Å². The van der Waals surface area contributed by atoms with Crippen molar-refractivity contribution in [1.29, 1.82) is 0 Å². The smallest absolute Gasteiger partial charge is 0.191 e. The summed E-state index contributed by atoms with van der Waals surface area (Å²) in [4.78, 5) is 4.24. The molecule has 1 atom stereocenters. The van der Waals surface area contributed by atoms with E-state index in [2.05, 4.69) is 54.7 Å². The van der Waals surface area contributed by atoms with E-state index in [0.29, 0.717) is 0 Å². The highest BCUT2D eigenvalue weighted by Crippen LogP contribution is 2.17. The van der Waals surface area contributed by atoms with Crippen LogP contribution in [0.2, 0.25) is 5.02 Å². The summed E-state index contributed by atoms with van der Waals surface area (Å²) in [5.74, 6) is 0.790. The molecule has 0 saturated carbocycles. The normalized spacial score (nSPS) is 13.3. The van der Waals surface area contributed by atoms with Crippen LogP contribution in [-0.2, 0) is 0 Å². The number of hydrogen-bond acceptors (Lipinski definition) is 2. The third kappa shape index (κ3) is 8.80. The summed E-state index contributed by atoms with van der Waals surface area (Å²) in [6.45, 7) is 10.3. The summed E-state index contributed by atoms with van der Waals surface area (Å²) in [6.07, 6.45) is 0. The van der Waals surface area contributed by atoms with Crippen molar-refractivity contribution in [2.75, 3.05) is 20.1 Å². The molecule has 0 spiro atoms. The molecule has 22 heavy (non-hydrogen) atoms. The second-order valence-electron chi connectivity index (χ2n) is 6.10. The van der Waals surface area contributed by atoms with Gasteiger partial charge < -0.3 is 16.0 Å². The molecule has 0 bridgehead atoms. The van der Waals surface area contributed by atoms with Gasteiger partial charge in [-0.25, -0.2) is 0 Å². The van der Waals surface area contributed by atoms with E-state index in [1.165, 1.54) is 0 Å². The van der Waals surface area contributed by atoms with E-state index in [-0.39, 0.29) is 35.6 Å². The Morgan fingerprint density at radius 3 is 2.50 bits per heavy atom. The molecular formula is C16H28ClIN4. The Kier molecular flexibility index (Phi) is 10.0. The van der Waals surface area contributed by atoms with Crippen molar-refractivity contribution in [3.05, 3.63) is 34.9 Å². The number of halogens is 2. The van der Waals surface area contributed by atoms with Crippen molar-refractivity contribution in [3.8, 4) is 0 Å². The number of hydrogen-bond donors (Lipinski definition) is 3. The summed E-state index contributed by atoms with van der Waals surface area (Å²) in [5.41, 5.74) is 1.27. The third-order valence-electron chi connectivity index (χ3n) is 3.00. The molecule has 4 nitrogen and oxygen atoms in total. The van der Waals surface area contributed by atoms with E-state index < -0.39 is 0 Å². The van der Waals surface area contributed by atoms with Crippen LogP contribution in [0.5, 0.6) is 0 Å². The topological polar surface area (TPSA) is 48.5 Å². The van der Waals surface area contributed by atoms with Crippen LogP contribution in [-0.4, -0.2) is 31.6 Å². The Balaban J connectivity index is 0.00000441. The summed E-state index contributed by atoms with van der Waals surface area (Å²) in [7, 11) is 1.78. The monoisotopic (exact) mass is 438 g/mol. The highest BCUT2D eigenvalue weighted by atomic mass is 127. The Hall–Kier alpha value is -0.530. The van der Waals surface area contributed by atoms with Gasteiger partial charge in [-0.3, -0.25) is 4.99 Å². The molecule has 0 heterocycles. The van der Waals surface area contributed by atoms with Gasteiger partial charge in [0.25, 0.3) is 0 Å². The highest BCUT2D eigenvalue weighted by Gasteiger charge is 2.09. The average molecular weight is 439 g/mol. The molecule has 0 amide bonds. The van der Waals surface area contributed by atoms with Gasteiger partial charge in [0, 0.05) is 30.7 Å². The molecule has 1 unspecified atom stereocenters. The van der Waals surface area contributed by atoms with E-state index in [0.717, 1.165) is 29.6 Å². The van der Waals surface area contributed by atoms with E-state index >= 15 is 0 Å². The number of nitrogens with zero attached hydrogens (tertiary/aromatic N) is 1. The van der Waals surface area contributed by atoms with Gasteiger partial charge in [0.05, 0.1) is 6.04 Å². The van der Waals surface area contributed by atoms with Crippen molar-refractivity contribution in [2.45, 2.75) is 39.3 Å². The van der Waals surface area contributed by atoms with Crippen LogP contribution in [0.3, 0.4) is 0 Å². The lowest BCUT2D eigenvalue weighted by molar-refractivity contribution is 0.428. The van der Waals surface area contributed by atoms with Gasteiger partial charge >= 0.3 is 0 Å². The third-order valence-corrected chi connectivity index (χ3v) is 3.23. The van der Waals surface area contributed by atoms with Gasteiger partial charge in [-0.05, 0) is 45.4 Å². The molecule has 3 N–H and O–H groups in total. The fourth-order valence-corrected chi connectivity index (χ4v) is 2.08. The summed E-state index contributed by atoms with van der Waals surface area (Å²) in [5, 5.41) is 10.8. The second kappa shape index (κ2) is 10.3. The van der Waals surface area contributed by atoms with E-state index in [9.17, 15) is 0 Å². The zero-order valence-corrected chi connectivity index (χ0v) is 17.1. The quantitative estimate of drug-likeness (QED) is 0.285. The molecule has 0 radical (unpaired) electrons. The molecule has 0 aliphatic rings. The van der Waals surface area contributed by atoms with Crippen LogP contribution in [0.1, 0.15) is 39.3 Å². The maximum Gasteiger partial charge on any atom is 0.191 e. The maximum atomic E-state index is 6.02. The van der Waals surface area contributed by atoms with Crippen LogP contribution in [0, 0.1) is 0 Å². The van der Waals surface area contributed by atoms with Crippen molar-refractivity contribution < 1.29 is 0 Å². The van der Waals surface area contributed by atoms with Crippen molar-refractivity contribution >= 4 is 41.5 Å². The fraction of sp³-hybridized carbons (Fsp3) is 0.562. The predicted octanol–water partition coefficient (Wildman–Crippen LogP) is 3.57.